The van der Waals surface area contributed by atoms with Gasteiger partial charge in [-0.2, -0.15) is 0 Å². The van der Waals surface area contributed by atoms with Crippen molar-refractivity contribution in [3.05, 3.63) is 42.2 Å². The Morgan fingerprint density at radius 3 is 2.30 bits per heavy atom. The van der Waals surface area contributed by atoms with Gasteiger partial charge in [-0.3, -0.25) is 9.59 Å². The van der Waals surface area contributed by atoms with Crippen LogP contribution in [0.15, 0.2) is 34.9 Å². The second-order valence-electron chi connectivity index (χ2n) is 8.24. The van der Waals surface area contributed by atoms with Crippen molar-refractivity contribution in [2.75, 3.05) is 26.2 Å². The molecule has 0 spiro atoms. The Morgan fingerprint density at radius 1 is 1.00 bits per heavy atom. The number of hydrogen-bond donors (Lipinski definition) is 0. The van der Waals surface area contributed by atoms with Gasteiger partial charge in [0.2, 0.25) is 11.8 Å². The van der Waals surface area contributed by atoms with Gasteiger partial charge in [-0.1, -0.05) is 12.8 Å². The van der Waals surface area contributed by atoms with Crippen molar-refractivity contribution in [2.24, 2.45) is 5.92 Å². The van der Waals surface area contributed by atoms with Gasteiger partial charge in [-0.05, 0) is 43.0 Å². The molecule has 0 N–H and O–H groups in total. The van der Waals surface area contributed by atoms with Crippen LogP contribution in [0.3, 0.4) is 0 Å². The molecule has 30 heavy (non-hydrogen) atoms. The van der Waals surface area contributed by atoms with Gasteiger partial charge < -0.3 is 14.2 Å². The highest BCUT2D eigenvalue weighted by Crippen LogP contribution is 2.28. The maximum Gasteiger partial charge on any atom is 0.223 e. The van der Waals surface area contributed by atoms with Crippen LogP contribution < -0.4 is 0 Å². The Morgan fingerprint density at radius 2 is 1.63 bits per heavy atom. The van der Waals surface area contributed by atoms with Crippen molar-refractivity contribution in [3.63, 3.8) is 0 Å². The lowest BCUT2D eigenvalue weighted by Crippen LogP contribution is -2.50. The molecule has 7 heteroatoms. The van der Waals surface area contributed by atoms with Crippen LogP contribution in [0.4, 0.5) is 4.39 Å². The molecule has 0 unspecified atom stereocenters. The predicted molar refractivity (Wildman–Crippen MR) is 110 cm³/mol. The van der Waals surface area contributed by atoms with E-state index in [0.29, 0.717) is 63.0 Å². The minimum atomic E-state index is -0.301. The quantitative estimate of drug-likeness (QED) is 0.725. The van der Waals surface area contributed by atoms with E-state index < -0.39 is 0 Å². The summed E-state index contributed by atoms with van der Waals surface area (Å²) in [5.41, 5.74) is 0.750. The standard InChI is InChI=1S/C23H28FN3O3/c24-19-7-5-18(6-8-19)20-16-25-21(30-20)9-10-22(28)26-11-13-27(14-12-26)23(29)15-17-3-1-2-4-17/h5-8,16-17H,1-4,9-15H2. The van der Waals surface area contributed by atoms with Crippen LogP contribution in [0.5, 0.6) is 0 Å². The highest BCUT2D eigenvalue weighted by molar-refractivity contribution is 5.78. The fraction of sp³-hybridized carbons (Fsp3) is 0.522. The summed E-state index contributed by atoms with van der Waals surface area (Å²) in [7, 11) is 0. The van der Waals surface area contributed by atoms with Gasteiger partial charge in [-0.25, -0.2) is 9.37 Å². The minimum Gasteiger partial charge on any atom is -0.441 e. The van der Waals surface area contributed by atoms with Gasteiger partial charge in [0.25, 0.3) is 0 Å². The Bertz CT molecular complexity index is 866. The highest BCUT2D eigenvalue weighted by atomic mass is 19.1. The molecule has 2 amide bonds. The molecule has 2 aliphatic rings. The molecule has 1 aromatic carbocycles. The summed E-state index contributed by atoms with van der Waals surface area (Å²) < 4.78 is 18.7. The largest absolute Gasteiger partial charge is 0.441 e. The van der Waals surface area contributed by atoms with Crippen LogP contribution >= 0.6 is 0 Å². The molecule has 1 aliphatic heterocycles. The maximum absolute atomic E-state index is 13.0. The molecule has 1 aliphatic carbocycles. The number of aryl methyl sites for hydroxylation is 1. The second-order valence-corrected chi connectivity index (χ2v) is 8.24. The van der Waals surface area contributed by atoms with Crippen molar-refractivity contribution in [1.82, 2.24) is 14.8 Å². The van der Waals surface area contributed by atoms with Crippen molar-refractivity contribution >= 4 is 11.8 Å². The highest BCUT2D eigenvalue weighted by Gasteiger charge is 2.26. The summed E-state index contributed by atoms with van der Waals surface area (Å²) in [6.45, 7) is 2.40. The Labute approximate surface area is 176 Å². The van der Waals surface area contributed by atoms with E-state index in [1.165, 1.54) is 37.8 Å². The SMILES string of the molecule is O=C(CCc1ncc(-c2ccc(F)cc2)o1)N1CCN(C(=O)CC2CCCC2)CC1. The maximum atomic E-state index is 13.0. The number of carbonyl (C=O) groups is 2. The number of benzene rings is 1. The number of aromatic nitrogens is 1. The number of hydrogen-bond acceptors (Lipinski definition) is 4. The monoisotopic (exact) mass is 413 g/mol. The molecule has 6 nitrogen and oxygen atoms in total. The number of halogens is 1. The Hall–Kier alpha value is -2.70. The van der Waals surface area contributed by atoms with E-state index in [9.17, 15) is 14.0 Å². The number of oxazole rings is 1. The van der Waals surface area contributed by atoms with E-state index in [1.807, 2.05) is 9.80 Å². The predicted octanol–water partition coefficient (Wildman–Crippen LogP) is 3.66. The molecule has 2 fully saturated rings. The molecule has 160 valence electrons. The topological polar surface area (TPSA) is 66.7 Å². The number of nitrogens with zero attached hydrogens (tertiary/aromatic N) is 3. The number of amides is 2. The van der Waals surface area contributed by atoms with Crippen LogP contribution in [-0.2, 0) is 16.0 Å². The van der Waals surface area contributed by atoms with E-state index in [2.05, 4.69) is 4.98 Å². The molecule has 4 rings (SSSR count). The van der Waals surface area contributed by atoms with Crippen molar-refractivity contribution in [3.8, 4) is 11.3 Å². The molecule has 1 aromatic heterocycles. The van der Waals surface area contributed by atoms with Crippen LogP contribution in [-0.4, -0.2) is 52.8 Å². The average molecular weight is 413 g/mol. The lowest BCUT2D eigenvalue weighted by molar-refractivity contribution is -0.140. The third-order valence-electron chi connectivity index (χ3n) is 6.16. The van der Waals surface area contributed by atoms with Crippen LogP contribution in [0.1, 0.15) is 44.4 Å². The molecule has 2 heterocycles. The van der Waals surface area contributed by atoms with Gasteiger partial charge in [0.05, 0.1) is 6.20 Å². The normalized spacial score (nSPS) is 17.5. The van der Waals surface area contributed by atoms with Gasteiger partial charge >= 0.3 is 0 Å². The third-order valence-corrected chi connectivity index (χ3v) is 6.16. The van der Waals surface area contributed by atoms with Crippen molar-refractivity contribution in [2.45, 2.75) is 44.9 Å². The summed E-state index contributed by atoms with van der Waals surface area (Å²) in [5.74, 6) is 1.60. The van der Waals surface area contributed by atoms with Crippen molar-refractivity contribution in [1.29, 1.82) is 0 Å². The first-order valence-corrected chi connectivity index (χ1v) is 10.8. The van der Waals surface area contributed by atoms with E-state index in [4.69, 9.17) is 4.42 Å². The number of rotatable bonds is 6. The van der Waals surface area contributed by atoms with E-state index in [0.717, 1.165) is 5.56 Å². The second kappa shape index (κ2) is 9.41. The van der Waals surface area contributed by atoms with Gasteiger partial charge in [0.15, 0.2) is 11.7 Å². The fourth-order valence-corrected chi connectivity index (χ4v) is 4.34. The first-order valence-electron chi connectivity index (χ1n) is 10.8. The fourth-order valence-electron chi connectivity index (χ4n) is 4.34. The third kappa shape index (κ3) is 5.07. The first kappa shape index (κ1) is 20.6. The molecule has 0 radical (unpaired) electrons. The van der Waals surface area contributed by atoms with Gasteiger partial charge in [0.1, 0.15) is 5.82 Å². The summed E-state index contributed by atoms with van der Waals surface area (Å²) in [5, 5.41) is 0. The van der Waals surface area contributed by atoms with Crippen LogP contribution in [0.25, 0.3) is 11.3 Å². The molecule has 0 bridgehead atoms. The van der Waals surface area contributed by atoms with E-state index in [1.54, 1.807) is 18.3 Å². The van der Waals surface area contributed by atoms with Crippen molar-refractivity contribution < 1.29 is 18.4 Å². The first-order chi connectivity index (χ1) is 14.6. The van der Waals surface area contributed by atoms with Gasteiger partial charge in [-0.15, -0.1) is 0 Å². The number of piperazine rings is 1. The Balaban J connectivity index is 1.21. The zero-order valence-electron chi connectivity index (χ0n) is 17.2. The number of carbonyl (C=O) groups excluding carboxylic acids is 2. The van der Waals surface area contributed by atoms with E-state index in [-0.39, 0.29) is 17.6 Å². The molecule has 1 saturated carbocycles. The van der Waals surface area contributed by atoms with Crippen LogP contribution in [0.2, 0.25) is 0 Å². The molecular weight excluding hydrogens is 385 g/mol. The lowest BCUT2D eigenvalue weighted by Gasteiger charge is -2.35. The van der Waals surface area contributed by atoms with E-state index >= 15 is 0 Å². The lowest BCUT2D eigenvalue weighted by atomic mass is 10.0. The Kier molecular flexibility index (Phi) is 6.45. The summed E-state index contributed by atoms with van der Waals surface area (Å²) >= 11 is 0. The molecule has 2 aromatic rings. The average Bonchev–Trinajstić information content (AvgIpc) is 3.45. The zero-order valence-corrected chi connectivity index (χ0v) is 17.2. The molecule has 0 atom stereocenters. The molecule has 1 saturated heterocycles. The van der Waals surface area contributed by atoms with Crippen LogP contribution in [0, 0.1) is 11.7 Å². The minimum absolute atomic E-state index is 0.0550. The zero-order chi connectivity index (χ0) is 20.9. The summed E-state index contributed by atoms with van der Waals surface area (Å²) in [6.07, 6.45) is 7.84. The molecular formula is C23H28FN3O3. The van der Waals surface area contributed by atoms with Gasteiger partial charge in [0, 0.05) is 51.0 Å². The smallest absolute Gasteiger partial charge is 0.223 e. The summed E-state index contributed by atoms with van der Waals surface area (Å²) in [6, 6.07) is 6.02. The summed E-state index contributed by atoms with van der Waals surface area (Å²) in [4.78, 5) is 33.0.